The predicted molar refractivity (Wildman–Crippen MR) is 144 cm³/mol. The van der Waals surface area contributed by atoms with Crippen molar-refractivity contribution in [1.82, 2.24) is 20.2 Å². The molecule has 12 heteroatoms. The number of amides is 2. The van der Waals surface area contributed by atoms with Crippen LogP contribution >= 0.6 is 0 Å². The SMILES string of the molecule is C[C@@]1(F)CCN(C(=O)c2ccc(-c3cc(C(F)(F)F)c4oc(CNC(=O)/C=C\c5ccc(N)nc5)cc4c3)nc2)C1. The molecule has 8 nitrogen and oxygen atoms in total. The van der Waals surface area contributed by atoms with Gasteiger partial charge >= 0.3 is 6.18 Å². The number of carbonyl (C=O) groups excluding carboxylic acids is 2. The van der Waals surface area contributed by atoms with E-state index in [2.05, 4.69) is 15.3 Å². The lowest BCUT2D eigenvalue weighted by Gasteiger charge is -2.17. The minimum absolute atomic E-state index is 0.0289. The van der Waals surface area contributed by atoms with E-state index >= 15 is 0 Å². The highest BCUT2D eigenvalue weighted by molar-refractivity contribution is 5.95. The first-order valence-electron chi connectivity index (χ1n) is 12.6. The summed E-state index contributed by atoms with van der Waals surface area (Å²) in [6.07, 6.45) is 1.04. The molecule has 0 radical (unpaired) electrons. The second-order valence-corrected chi connectivity index (χ2v) is 10.0. The van der Waals surface area contributed by atoms with Crippen LogP contribution in [0.25, 0.3) is 28.3 Å². The molecule has 2 amide bonds. The molecule has 1 saturated heterocycles. The second kappa shape index (κ2) is 10.7. The largest absolute Gasteiger partial charge is 0.459 e. The Morgan fingerprint density at radius 1 is 1.15 bits per heavy atom. The van der Waals surface area contributed by atoms with E-state index in [1.54, 1.807) is 12.1 Å². The summed E-state index contributed by atoms with van der Waals surface area (Å²) in [5.74, 6) is -0.413. The number of pyridine rings is 2. The van der Waals surface area contributed by atoms with Crippen LogP contribution in [0.2, 0.25) is 0 Å². The Kier molecular flexibility index (Phi) is 7.24. The molecule has 0 aliphatic carbocycles. The van der Waals surface area contributed by atoms with Crippen LogP contribution in [0.4, 0.5) is 23.4 Å². The highest BCUT2D eigenvalue weighted by Gasteiger charge is 2.37. The molecule has 4 heterocycles. The molecule has 1 aromatic carbocycles. The average molecular weight is 568 g/mol. The van der Waals surface area contributed by atoms with Crippen molar-refractivity contribution in [3.63, 3.8) is 0 Å². The number of rotatable bonds is 6. The van der Waals surface area contributed by atoms with Gasteiger partial charge in [-0.05, 0) is 61.0 Å². The number of nitrogens with zero attached hydrogens (tertiary/aromatic N) is 3. The maximum atomic E-state index is 14.1. The molecule has 0 bridgehead atoms. The van der Waals surface area contributed by atoms with E-state index in [1.165, 1.54) is 60.6 Å². The number of likely N-dealkylation sites (tertiary alicyclic amines) is 1. The van der Waals surface area contributed by atoms with Gasteiger partial charge in [-0.1, -0.05) is 0 Å². The Labute approximate surface area is 231 Å². The molecule has 41 heavy (non-hydrogen) atoms. The number of nitrogens with one attached hydrogen (secondary N) is 1. The molecule has 0 saturated carbocycles. The van der Waals surface area contributed by atoms with Gasteiger partial charge in [-0.15, -0.1) is 0 Å². The topological polar surface area (TPSA) is 114 Å². The number of nitrogens with two attached hydrogens (primary N) is 1. The van der Waals surface area contributed by atoms with Crippen molar-refractivity contribution in [3.05, 3.63) is 83.4 Å². The molecule has 1 atom stereocenters. The quantitative estimate of drug-likeness (QED) is 0.238. The van der Waals surface area contributed by atoms with E-state index in [0.717, 1.165) is 6.07 Å². The third-order valence-corrected chi connectivity index (χ3v) is 6.66. The highest BCUT2D eigenvalue weighted by atomic mass is 19.4. The van der Waals surface area contributed by atoms with Crippen molar-refractivity contribution in [3.8, 4) is 11.3 Å². The van der Waals surface area contributed by atoms with E-state index in [9.17, 15) is 27.2 Å². The molecule has 0 unspecified atom stereocenters. The minimum atomic E-state index is -4.73. The third kappa shape index (κ3) is 6.37. The maximum absolute atomic E-state index is 14.1. The van der Waals surface area contributed by atoms with Gasteiger partial charge < -0.3 is 20.4 Å². The normalized spacial score (nSPS) is 17.4. The summed E-state index contributed by atoms with van der Waals surface area (Å²) < 4.78 is 61.6. The molecule has 5 rings (SSSR count). The first-order chi connectivity index (χ1) is 19.4. The summed E-state index contributed by atoms with van der Waals surface area (Å²) in [6.45, 7) is 1.54. The van der Waals surface area contributed by atoms with Crippen molar-refractivity contribution in [2.75, 3.05) is 18.8 Å². The number of anilines is 1. The van der Waals surface area contributed by atoms with Crippen LogP contribution in [0.1, 0.15) is 40.6 Å². The fourth-order valence-electron chi connectivity index (χ4n) is 4.54. The Hall–Kier alpha value is -4.74. The summed E-state index contributed by atoms with van der Waals surface area (Å²) >= 11 is 0. The predicted octanol–water partition coefficient (Wildman–Crippen LogP) is 5.39. The number of aromatic nitrogens is 2. The second-order valence-electron chi connectivity index (χ2n) is 10.0. The maximum Gasteiger partial charge on any atom is 0.420 e. The van der Waals surface area contributed by atoms with Crippen LogP contribution in [-0.4, -0.2) is 45.4 Å². The number of carbonyl (C=O) groups is 2. The van der Waals surface area contributed by atoms with E-state index in [4.69, 9.17) is 10.2 Å². The van der Waals surface area contributed by atoms with Crippen molar-refractivity contribution >= 4 is 34.7 Å². The van der Waals surface area contributed by atoms with Crippen molar-refractivity contribution in [1.29, 1.82) is 0 Å². The molecule has 1 aliphatic heterocycles. The van der Waals surface area contributed by atoms with Crippen molar-refractivity contribution < 1.29 is 31.6 Å². The van der Waals surface area contributed by atoms with Gasteiger partial charge in [0.25, 0.3) is 5.91 Å². The smallest absolute Gasteiger partial charge is 0.420 e. The highest BCUT2D eigenvalue weighted by Crippen LogP contribution is 2.39. The Balaban J connectivity index is 1.34. The fraction of sp³-hybridized carbons (Fsp3) is 0.241. The Bertz CT molecular complexity index is 1630. The summed E-state index contributed by atoms with van der Waals surface area (Å²) in [7, 11) is 0. The number of hydrogen-bond donors (Lipinski definition) is 2. The third-order valence-electron chi connectivity index (χ3n) is 6.66. The molecular formula is C29H25F4N5O3. The van der Waals surface area contributed by atoms with Gasteiger partial charge in [-0.3, -0.25) is 14.6 Å². The lowest BCUT2D eigenvalue weighted by Crippen LogP contribution is -2.31. The number of alkyl halides is 4. The zero-order chi connectivity index (χ0) is 29.4. The minimum Gasteiger partial charge on any atom is -0.459 e. The standard InChI is InChI=1S/C29H25F4N5O3/c1-28(30)8-9-38(16-28)27(40)18-4-5-23(35-14-18)19-10-20-11-21(41-26(20)22(12-19)29(31,32)33)15-37-25(39)7-3-17-2-6-24(34)36-13-17/h2-7,10-14H,8-9,15-16H2,1H3,(H2,34,36)(H,37,39)/b7-3-/t28-/m1/s1. The first-order valence-corrected chi connectivity index (χ1v) is 12.6. The van der Waals surface area contributed by atoms with Crippen LogP contribution in [0, 0.1) is 0 Å². The van der Waals surface area contributed by atoms with Gasteiger partial charge in [0, 0.05) is 42.4 Å². The summed E-state index contributed by atoms with van der Waals surface area (Å²) in [4.78, 5) is 34.4. The molecular weight excluding hydrogens is 542 g/mol. The molecule has 3 aromatic heterocycles. The zero-order valence-electron chi connectivity index (χ0n) is 21.8. The average Bonchev–Trinajstić information content (AvgIpc) is 3.52. The van der Waals surface area contributed by atoms with E-state index in [1.807, 2.05) is 0 Å². The molecule has 0 spiro atoms. The van der Waals surface area contributed by atoms with Gasteiger partial charge in [0.05, 0.1) is 29.9 Å². The lowest BCUT2D eigenvalue weighted by atomic mass is 10.0. The van der Waals surface area contributed by atoms with Crippen LogP contribution < -0.4 is 11.1 Å². The zero-order valence-corrected chi connectivity index (χ0v) is 21.8. The number of nitrogen functional groups attached to an aromatic ring is 1. The molecule has 1 aliphatic rings. The van der Waals surface area contributed by atoms with E-state index in [-0.39, 0.29) is 59.6 Å². The van der Waals surface area contributed by atoms with E-state index in [0.29, 0.717) is 11.4 Å². The Morgan fingerprint density at radius 3 is 2.59 bits per heavy atom. The molecule has 4 aromatic rings. The number of halogens is 4. The Morgan fingerprint density at radius 2 is 1.95 bits per heavy atom. The number of furan rings is 1. The number of hydrogen-bond acceptors (Lipinski definition) is 6. The lowest BCUT2D eigenvalue weighted by molar-refractivity contribution is -0.136. The van der Waals surface area contributed by atoms with E-state index < -0.39 is 29.2 Å². The van der Waals surface area contributed by atoms with Gasteiger partial charge in [0.1, 0.15) is 22.8 Å². The van der Waals surface area contributed by atoms with Crippen molar-refractivity contribution in [2.24, 2.45) is 0 Å². The number of benzene rings is 1. The van der Waals surface area contributed by atoms with Gasteiger partial charge in [0.2, 0.25) is 5.91 Å². The molecule has 3 N–H and O–H groups in total. The summed E-state index contributed by atoms with van der Waals surface area (Å²) in [6, 6.07) is 10.0. The fourth-order valence-corrected chi connectivity index (χ4v) is 4.54. The molecule has 212 valence electrons. The van der Waals surface area contributed by atoms with Crippen LogP contribution in [0.5, 0.6) is 0 Å². The van der Waals surface area contributed by atoms with Crippen LogP contribution in [0.15, 0.2) is 65.4 Å². The van der Waals surface area contributed by atoms with Gasteiger partial charge in [-0.25, -0.2) is 9.37 Å². The first kappa shape index (κ1) is 27.8. The monoisotopic (exact) mass is 567 g/mol. The number of fused-ring (bicyclic) bond motifs is 1. The van der Waals surface area contributed by atoms with Crippen LogP contribution in [-0.2, 0) is 17.5 Å². The van der Waals surface area contributed by atoms with Gasteiger partial charge in [0.15, 0.2) is 0 Å². The molecule has 1 fully saturated rings. The van der Waals surface area contributed by atoms with Crippen LogP contribution in [0.3, 0.4) is 0 Å². The summed E-state index contributed by atoms with van der Waals surface area (Å²) in [5, 5.41) is 2.74. The van der Waals surface area contributed by atoms with Crippen molar-refractivity contribution in [2.45, 2.75) is 31.7 Å². The van der Waals surface area contributed by atoms with Gasteiger partial charge in [-0.2, -0.15) is 13.2 Å². The summed E-state index contributed by atoms with van der Waals surface area (Å²) in [5.41, 5.74) is 3.94.